The number of amides is 2. The van der Waals surface area contributed by atoms with E-state index in [1.807, 2.05) is 23.1 Å². The summed E-state index contributed by atoms with van der Waals surface area (Å²) in [4.78, 5) is 28.2. The second-order valence-electron chi connectivity index (χ2n) is 6.39. The SMILES string of the molecule is COc1ccccc1CC1CCCN1C(=O)CN1CCNCC1=O. The Balaban J connectivity index is 1.64. The van der Waals surface area contributed by atoms with Gasteiger partial charge in [0.05, 0.1) is 20.2 Å². The number of hydrogen-bond acceptors (Lipinski definition) is 4. The Morgan fingerprint density at radius 3 is 2.96 bits per heavy atom. The molecule has 1 unspecified atom stereocenters. The Labute approximate surface area is 142 Å². The van der Waals surface area contributed by atoms with Crippen LogP contribution in [0.1, 0.15) is 18.4 Å². The number of benzene rings is 1. The van der Waals surface area contributed by atoms with Crippen molar-refractivity contribution in [2.45, 2.75) is 25.3 Å². The number of ether oxygens (including phenoxy) is 1. The molecule has 2 heterocycles. The van der Waals surface area contributed by atoms with E-state index in [0.29, 0.717) is 13.1 Å². The predicted octanol–water partition coefficient (Wildman–Crippen LogP) is 0.661. The van der Waals surface area contributed by atoms with E-state index in [9.17, 15) is 9.59 Å². The van der Waals surface area contributed by atoms with Crippen molar-refractivity contribution in [3.8, 4) is 5.75 Å². The zero-order valence-corrected chi connectivity index (χ0v) is 14.2. The van der Waals surface area contributed by atoms with Crippen molar-refractivity contribution in [1.29, 1.82) is 0 Å². The Morgan fingerprint density at radius 2 is 2.17 bits per heavy atom. The molecular formula is C18H25N3O3. The third-order valence-corrected chi connectivity index (χ3v) is 4.86. The first kappa shape index (κ1) is 16.8. The van der Waals surface area contributed by atoms with Gasteiger partial charge < -0.3 is 19.9 Å². The van der Waals surface area contributed by atoms with Gasteiger partial charge in [0.15, 0.2) is 0 Å². The Bertz CT molecular complexity index is 605. The van der Waals surface area contributed by atoms with Gasteiger partial charge in [-0.3, -0.25) is 9.59 Å². The first-order valence-corrected chi connectivity index (χ1v) is 8.59. The molecule has 24 heavy (non-hydrogen) atoms. The molecule has 6 nitrogen and oxygen atoms in total. The molecule has 0 spiro atoms. The van der Waals surface area contributed by atoms with E-state index in [1.54, 1.807) is 12.0 Å². The van der Waals surface area contributed by atoms with E-state index in [1.165, 1.54) is 0 Å². The van der Waals surface area contributed by atoms with Crippen LogP contribution in [-0.2, 0) is 16.0 Å². The molecule has 2 fully saturated rings. The van der Waals surface area contributed by atoms with Crippen molar-refractivity contribution in [1.82, 2.24) is 15.1 Å². The van der Waals surface area contributed by atoms with Gasteiger partial charge in [0.1, 0.15) is 5.75 Å². The zero-order valence-electron chi connectivity index (χ0n) is 14.2. The van der Waals surface area contributed by atoms with Gasteiger partial charge in [-0.2, -0.15) is 0 Å². The summed E-state index contributed by atoms with van der Waals surface area (Å²) in [6.07, 6.45) is 2.81. The fraction of sp³-hybridized carbons (Fsp3) is 0.556. The number of nitrogens with one attached hydrogen (secondary N) is 1. The summed E-state index contributed by atoms with van der Waals surface area (Å²) in [6, 6.07) is 8.15. The number of rotatable bonds is 5. The summed E-state index contributed by atoms with van der Waals surface area (Å²) in [7, 11) is 1.67. The van der Waals surface area contributed by atoms with Crippen LogP contribution in [0.15, 0.2) is 24.3 Å². The van der Waals surface area contributed by atoms with E-state index in [0.717, 1.165) is 43.7 Å². The minimum Gasteiger partial charge on any atom is -0.496 e. The molecule has 0 aromatic heterocycles. The molecule has 2 aliphatic rings. The van der Waals surface area contributed by atoms with Crippen LogP contribution in [0.4, 0.5) is 0 Å². The number of piperazine rings is 1. The molecule has 1 aromatic rings. The van der Waals surface area contributed by atoms with Crippen LogP contribution in [0.3, 0.4) is 0 Å². The maximum Gasteiger partial charge on any atom is 0.242 e. The van der Waals surface area contributed by atoms with Gasteiger partial charge in [0, 0.05) is 25.7 Å². The number of hydrogen-bond donors (Lipinski definition) is 1. The molecule has 1 atom stereocenters. The lowest BCUT2D eigenvalue weighted by atomic mass is 10.0. The van der Waals surface area contributed by atoms with Crippen molar-refractivity contribution in [3.63, 3.8) is 0 Å². The number of carbonyl (C=O) groups is 2. The molecule has 130 valence electrons. The average Bonchev–Trinajstić information content (AvgIpc) is 3.06. The topological polar surface area (TPSA) is 61.9 Å². The normalized spacial score (nSPS) is 21.2. The number of likely N-dealkylation sites (tertiary alicyclic amines) is 1. The van der Waals surface area contributed by atoms with E-state index in [4.69, 9.17) is 4.74 Å². The van der Waals surface area contributed by atoms with E-state index >= 15 is 0 Å². The molecule has 2 saturated heterocycles. The molecule has 0 saturated carbocycles. The minimum atomic E-state index is 0.00933. The Kier molecular flexibility index (Phi) is 5.35. The van der Waals surface area contributed by atoms with Gasteiger partial charge in [-0.1, -0.05) is 18.2 Å². The maximum absolute atomic E-state index is 12.7. The maximum atomic E-state index is 12.7. The minimum absolute atomic E-state index is 0.00933. The summed E-state index contributed by atoms with van der Waals surface area (Å²) in [6.45, 7) is 2.67. The summed E-state index contributed by atoms with van der Waals surface area (Å²) in [5.74, 6) is 0.937. The number of methoxy groups -OCH3 is 1. The Morgan fingerprint density at radius 1 is 1.33 bits per heavy atom. The molecule has 0 aliphatic carbocycles. The van der Waals surface area contributed by atoms with E-state index in [-0.39, 0.29) is 24.4 Å². The molecule has 0 radical (unpaired) electrons. The molecule has 3 rings (SSSR count). The summed E-state index contributed by atoms with van der Waals surface area (Å²) < 4.78 is 5.42. The number of carbonyl (C=O) groups excluding carboxylic acids is 2. The van der Waals surface area contributed by atoms with Crippen molar-refractivity contribution < 1.29 is 14.3 Å². The standard InChI is InChI=1S/C18H25N3O3/c1-24-16-7-3-2-5-14(16)11-15-6-4-9-21(15)18(23)13-20-10-8-19-12-17(20)22/h2-3,5,7,15,19H,4,6,8-13H2,1H3. The van der Waals surface area contributed by atoms with Gasteiger partial charge in [-0.05, 0) is 30.9 Å². The van der Waals surface area contributed by atoms with E-state index in [2.05, 4.69) is 11.4 Å². The van der Waals surface area contributed by atoms with Crippen LogP contribution in [0.25, 0.3) is 0 Å². The van der Waals surface area contributed by atoms with Crippen LogP contribution < -0.4 is 10.1 Å². The van der Waals surface area contributed by atoms with Crippen LogP contribution in [0.5, 0.6) is 5.75 Å². The molecular weight excluding hydrogens is 306 g/mol. The van der Waals surface area contributed by atoms with Crippen molar-refractivity contribution >= 4 is 11.8 Å². The largest absolute Gasteiger partial charge is 0.496 e. The van der Waals surface area contributed by atoms with Crippen LogP contribution >= 0.6 is 0 Å². The predicted molar refractivity (Wildman–Crippen MR) is 90.9 cm³/mol. The number of para-hydroxylation sites is 1. The fourth-order valence-corrected chi connectivity index (χ4v) is 3.57. The highest BCUT2D eigenvalue weighted by Gasteiger charge is 2.31. The Hall–Kier alpha value is -2.08. The quantitative estimate of drug-likeness (QED) is 0.861. The summed E-state index contributed by atoms with van der Waals surface area (Å²) in [5, 5.41) is 3.03. The molecule has 0 bridgehead atoms. The monoisotopic (exact) mass is 331 g/mol. The highest BCUT2D eigenvalue weighted by molar-refractivity contribution is 5.86. The smallest absolute Gasteiger partial charge is 0.242 e. The fourth-order valence-electron chi connectivity index (χ4n) is 3.57. The second kappa shape index (κ2) is 7.66. The number of nitrogens with zero attached hydrogens (tertiary/aromatic N) is 2. The highest BCUT2D eigenvalue weighted by atomic mass is 16.5. The second-order valence-corrected chi connectivity index (χ2v) is 6.39. The van der Waals surface area contributed by atoms with Gasteiger partial charge in [-0.25, -0.2) is 0 Å². The van der Waals surface area contributed by atoms with Gasteiger partial charge >= 0.3 is 0 Å². The summed E-state index contributed by atoms with van der Waals surface area (Å²) >= 11 is 0. The van der Waals surface area contributed by atoms with Crippen molar-refractivity contribution in [2.75, 3.05) is 39.8 Å². The van der Waals surface area contributed by atoms with Gasteiger partial charge in [0.2, 0.25) is 11.8 Å². The lowest BCUT2D eigenvalue weighted by Crippen LogP contribution is -2.52. The van der Waals surface area contributed by atoms with E-state index < -0.39 is 0 Å². The first-order valence-electron chi connectivity index (χ1n) is 8.59. The third kappa shape index (κ3) is 3.70. The van der Waals surface area contributed by atoms with Crippen molar-refractivity contribution in [3.05, 3.63) is 29.8 Å². The lowest BCUT2D eigenvalue weighted by molar-refractivity contribution is -0.141. The molecule has 2 aliphatic heterocycles. The van der Waals surface area contributed by atoms with Crippen LogP contribution in [0, 0.1) is 0 Å². The average molecular weight is 331 g/mol. The molecule has 1 N–H and O–H groups in total. The first-order chi connectivity index (χ1) is 11.7. The van der Waals surface area contributed by atoms with Crippen molar-refractivity contribution in [2.24, 2.45) is 0 Å². The summed E-state index contributed by atoms with van der Waals surface area (Å²) in [5.41, 5.74) is 1.13. The zero-order chi connectivity index (χ0) is 16.9. The molecule has 1 aromatic carbocycles. The van der Waals surface area contributed by atoms with Crippen LogP contribution in [0.2, 0.25) is 0 Å². The van der Waals surface area contributed by atoms with Crippen LogP contribution in [-0.4, -0.2) is 67.5 Å². The van der Waals surface area contributed by atoms with Gasteiger partial charge in [-0.15, -0.1) is 0 Å². The molecule has 6 heteroatoms. The third-order valence-electron chi connectivity index (χ3n) is 4.86. The van der Waals surface area contributed by atoms with Gasteiger partial charge in [0.25, 0.3) is 0 Å². The highest BCUT2D eigenvalue weighted by Crippen LogP contribution is 2.26. The lowest BCUT2D eigenvalue weighted by Gasteiger charge is -2.31. The molecule has 2 amide bonds.